The quantitative estimate of drug-likeness (QED) is 0.842. The zero-order valence-corrected chi connectivity index (χ0v) is 10.4. The molecule has 1 heterocycles. The van der Waals surface area contributed by atoms with E-state index in [0.29, 0.717) is 4.99 Å². The molecule has 0 bridgehead atoms. The minimum absolute atomic E-state index is 0.422. The average molecular weight is 246 g/mol. The zero-order chi connectivity index (χ0) is 12.3. The number of benzene rings is 1. The molecule has 2 aromatic rings. The second kappa shape index (κ2) is 5.01. The molecule has 0 unspecified atom stereocenters. The maximum absolute atomic E-state index is 5.55. The fourth-order valence-electron chi connectivity index (χ4n) is 1.61. The van der Waals surface area contributed by atoms with Crippen LogP contribution in [0, 0.1) is 0 Å². The van der Waals surface area contributed by atoms with Gasteiger partial charge < -0.3 is 15.1 Å². The predicted molar refractivity (Wildman–Crippen MR) is 73.1 cm³/mol. The summed E-state index contributed by atoms with van der Waals surface area (Å²) in [5, 5.41) is 0. The Balaban J connectivity index is 2.09. The molecule has 2 rings (SSSR count). The molecule has 1 aromatic carbocycles. The van der Waals surface area contributed by atoms with Crippen molar-refractivity contribution in [3.63, 3.8) is 0 Å². The highest BCUT2D eigenvalue weighted by Crippen LogP contribution is 2.16. The van der Waals surface area contributed by atoms with Gasteiger partial charge in [0.25, 0.3) is 0 Å². The number of anilines is 1. The highest BCUT2D eigenvalue weighted by atomic mass is 32.1. The molecule has 1 aromatic heterocycles. The molecule has 0 saturated carbocycles. The average Bonchev–Trinajstić information content (AvgIpc) is 2.82. The van der Waals surface area contributed by atoms with Gasteiger partial charge in [-0.25, -0.2) is 0 Å². The van der Waals surface area contributed by atoms with Crippen molar-refractivity contribution in [2.24, 2.45) is 5.73 Å². The molecule has 0 atom stereocenters. The van der Waals surface area contributed by atoms with Crippen LogP contribution in [0.5, 0.6) is 0 Å². The molecule has 0 amide bonds. The van der Waals surface area contributed by atoms with Crippen molar-refractivity contribution >= 4 is 22.9 Å². The molecule has 0 radical (unpaired) electrons. The van der Waals surface area contributed by atoms with Crippen molar-refractivity contribution in [1.29, 1.82) is 0 Å². The summed E-state index contributed by atoms with van der Waals surface area (Å²) in [6, 6.07) is 11.7. The van der Waals surface area contributed by atoms with Gasteiger partial charge in [0, 0.05) is 18.3 Å². The first-order chi connectivity index (χ1) is 8.16. The lowest BCUT2D eigenvalue weighted by atomic mass is 10.2. The van der Waals surface area contributed by atoms with E-state index in [2.05, 4.69) is 4.90 Å². The molecular weight excluding hydrogens is 232 g/mol. The second-order valence-electron chi connectivity index (χ2n) is 3.85. The molecule has 4 heteroatoms. The first-order valence-electron chi connectivity index (χ1n) is 5.30. The second-order valence-corrected chi connectivity index (χ2v) is 4.29. The number of thiocarbonyl (C=S) groups is 1. The third-order valence-electron chi connectivity index (χ3n) is 2.57. The van der Waals surface area contributed by atoms with Gasteiger partial charge in [0.1, 0.15) is 10.7 Å². The van der Waals surface area contributed by atoms with E-state index >= 15 is 0 Å². The van der Waals surface area contributed by atoms with Crippen molar-refractivity contribution in [3.05, 3.63) is 54.0 Å². The molecule has 0 aliphatic carbocycles. The maximum Gasteiger partial charge on any atom is 0.123 e. The summed E-state index contributed by atoms with van der Waals surface area (Å²) in [6.07, 6.45) is 1.68. The van der Waals surface area contributed by atoms with E-state index in [1.807, 2.05) is 43.4 Å². The number of rotatable bonds is 4. The minimum Gasteiger partial charge on any atom is -0.467 e. The molecule has 0 aliphatic heterocycles. The monoisotopic (exact) mass is 246 g/mol. The number of hydrogen-bond acceptors (Lipinski definition) is 3. The van der Waals surface area contributed by atoms with Gasteiger partial charge in [0.05, 0.1) is 12.8 Å². The molecule has 3 nitrogen and oxygen atoms in total. The van der Waals surface area contributed by atoms with Crippen LogP contribution in [0.3, 0.4) is 0 Å². The standard InChI is InChI=1S/C13H14N2OS/c1-15(9-12-3-2-8-16-12)11-6-4-10(5-7-11)13(14)17/h2-8H,9H2,1H3,(H2,14,17). The van der Waals surface area contributed by atoms with Gasteiger partial charge in [-0.2, -0.15) is 0 Å². The Bertz CT molecular complexity index is 491. The number of nitrogens with zero attached hydrogens (tertiary/aromatic N) is 1. The third-order valence-corrected chi connectivity index (χ3v) is 2.80. The summed E-state index contributed by atoms with van der Waals surface area (Å²) in [4.78, 5) is 2.52. The molecule has 0 spiro atoms. The molecule has 0 fully saturated rings. The highest BCUT2D eigenvalue weighted by molar-refractivity contribution is 7.80. The lowest BCUT2D eigenvalue weighted by Crippen LogP contribution is -2.16. The maximum atomic E-state index is 5.55. The lowest BCUT2D eigenvalue weighted by Gasteiger charge is -2.18. The first kappa shape index (κ1) is 11.7. The van der Waals surface area contributed by atoms with Crippen LogP contribution in [0.15, 0.2) is 47.1 Å². The van der Waals surface area contributed by atoms with Gasteiger partial charge in [0.2, 0.25) is 0 Å². The molecule has 2 N–H and O–H groups in total. The van der Waals surface area contributed by atoms with Crippen LogP contribution in [-0.4, -0.2) is 12.0 Å². The summed E-state index contributed by atoms with van der Waals surface area (Å²) in [7, 11) is 2.01. The number of nitrogens with two attached hydrogens (primary N) is 1. The summed E-state index contributed by atoms with van der Waals surface area (Å²) >= 11 is 4.91. The molecule has 0 aliphatic rings. The fourth-order valence-corrected chi connectivity index (χ4v) is 1.74. The van der Waals surface area contributed by atoms with Gasteiger partial charge in [-0.1, -0.05) is 12.2 Å². The van der Waals surface area contributed by atoms with Gasteiger partial charge >= 0.3 is 0 Å². The van der Waals surface area contributed by atoms with Crippen LogP contribution in [0.25, 0.3) is 0 Å². The van der Waals surface area contributed by atoms with Crippen LogP contribution in [0.4, 0.5) is 5.69 Å². The van der Waals surface area contributed by atoms with Crippen LogP contribution in [0.1, 0.15) is 11.3 Å². The van der Waals surface area contributed by atoms with E-state index in [9.17, 15) is 0 Å². The first-order valence-corrected chi connectivity index (χ1v) is 5.71. The largest absolute Gasteiger partial charge is 0.467 e. The van der Waals surface area contributed by atoms with Crippen molar-refractivity contribution in [3.8, 4) is 0 Å². The van der Waals surface area contributed by atoms with Crippen LogP contribution in [0.2, 0.25) is 0 Å². The fraction of sp³-hybridized carbons (Fsp3) is 0.154. The Morgan fingerprint density at radius 1 is 1.29 bits per heavy atom. The van der Waals surface area contributed by atoms with E-state index in [4.69, 9.17) is 22.4 Å². The van der Waals surface area contributed by atoms with E-state index in [1.54, 1.807) is 6.26 Å². The summed E-state index contributed by atoms with van der Waals surface area (Å²) < 4.78 is 5.31. The van der Waals surface area contributed by atoms with Crippen molar-refractivity contribution in [2.45, 2.75) is 6.54 Å². The van der Waals surface area contributed by atoms with Crippen molar-refractivity contribution < 1.29 is 4.42 Å². The van der Waals surface area contributed by atoms with Crippen molar-refractivity contribution in [2.75, 3.05) is 11.9 Å². The number of furan rings is 1. The van der Waals surface area contributed by atoms with Gasteiger partial charge in [-0.3, -0.25) is 0 Å². The zero-order valence-electron chi connectivity index (χ0n) is 9.59. The summed E-state index contributed by atoms with van der Waals surface area (Å²) in [5.74, 6) is 0.936. The van der Waals surface area contributed by atoms with Gasteiger partial charge in [-0.15, -0.1) is 0 Å². The molecule has 17 heavy (non-hydrogen) atoms. The van der Waals surface area contributed by atoms with Gasteiger partial charge in [-0.05, 0) is 36.4 Å². The highest BCUT2D eigenvalue weighted by Gasteiger charge is 2.04. The smallest absolute Gasteiger partial charge is 0.123 e. The molecule has 0 saturated heterocycles. The third kappa shape index (κ3) is 2.85. The number of hydrogen-bond donors (Lipinski definition) is 1. The van der Waals surface area contributed by atoms with Gasteiger partial charge in [0.15, 0.2) is 0 Å². The Morgan fingerprint density at radius 3 is 2.53 bits per heavy atom. The van der Waals surface area contributed by atoms with Crippen molar-refractivity contribution in [1.82, 2.24) is 0 Å². The lowest BCUT2D eigenvalue weighted by molar-refractivity contribution is 0.507. The minimum atomic E-state index is 0.422. The van der Waals surface area contributed by atoms with E-state index in [0.717, 1.165) is 23.6 Å². The normalized spacial score (nSPS) is 10.2. The Hall–Kier alpha value is -1.81. The Morgan fingerprint density at radius 2 is 2.00 bits per heavy atom. The van der Waals surface area contributed by atoms with E-state index in [1.165, 1.54) is 0 Å². The summed E-state index contributed by atoms with van der Waals surface area (Å²) in [5.41, 5.74) is 7.54. The van der Waals surface area contributed by atoms with Crippen LogP contribution >= 0.6 is 12.2 Å². The molecule has 88 valence electrons. The van der Waals surface area contributed by atoms with E-state index in [-0.39, 0.29) is 0 Å². The van der Waals surface area contributed by atoms with E-state index < -0.39 is 0 Å². The topological polar surface area (TPSA) is 42.4 Å². The summed E-state index contributed by atoms with van der Waals surface area (Å²) in [6.45, 7) is 0.736. The Labute approximate surface area is 106 Å². The predicted octanol–water partition coefficient (Wildman–Crippen LogP) is 2.55. The van der Waals surface area contributed by atoms with Crippen LogP contribution < -0.4 is 10.6 Å². The SMILES string of the molecule is CN(Cc1ccco1)c1ccc(C(N)=S)cc1. The van der Waals surface area contributed by atoms with Crippen LogP contribution in [-0.2, 0) is 6.54 Å². The molecular formula is C13H14N2OS. The Kier molecular flexibility index (Phi) is 3.44.